The second-order valence-electron chi connectivity index (χ2n) is 4.46. The van der Waals surface area contributed by atoms with Crippen LogP contribution in [0.15, 0.2) is 17.5 Å². The van der Waals surface area contributed by atoms with Gasteiger partial charge in [0.25, 0.3) is 10.2 Å². The summed E-state index contributed by atoms with van der Waals surface area (Å²) < 4.78 is 32.3. The maximum absolute atomic E-state index is 12.0. The molecule has 0 amide bonds. The Labute approximate surface area is 123 Å². The van der Waals surface area contributed by atoms with Gasteiger partial charge in [-0.1, -0.05) is 6.07 Å². The quantitative estimate of drug-likeness (QED) is 0.725. The monoisotopic (exact) mass is 320 g/mol. The minimum atomic E-state index is -3.59. The lowest BCUT2D eigenvalue weighted by Gasteiger charge is -2.20. The Morgan fingerprint density at radius 2 is 2.25 bits per heavy atom. The van der Waals surface area contributed by atoms with E-state index in [9.17, 15) is 13.2 Å². The van der Waals surface area contributed by atoms with E-state index in [4.69, 9.17) is 0 Å². The summed E-state index contributed by atoms with van der Waals surface area (Å²) in [7, 11) is -0.877. The van der Waals surface area contributed by atoms with Gasteiger partial charge in [-0.3, -0.25) is 4.79 Å². The Hall–Kier alpha value is -0.960. The maximum Gasteiger partial charge on any atom is 0.306 e. The highest BCUT2D eigenvalue weighted by Gasteiger charge is 2.21. The molecule has 1 aromatic rings. The van der Waals surface area contributed by atoms with E-state index < -0.39 is 16.2 Å². The van der Waals surface area contributed by atoms with Crippen LogP contribution in [-0.4, -0.2) is 45.4 Å². The average Bonchev–Trinajstić information content (AvgIpc) is 2.87. The number of rotatable bonds is 8. The Kier molecular flexibility index (Phi) is 6.60. The van der Waals surface area contributed by atoms with Crippen LogP contribution in [0.1, 0.15) is 18.2 Å². The molecule has 0 saturated heterocycles. The summed E-state index contributed by atoms with van der Waals surface area (Å²) >= 11 is 1.59. The van der Waals surface area contributed by atoms with Gasteiger partial charge in [0.1, 0.15) is 0 Å². The molecule has 1 atom stereocenters. The van der Waals surface area contributed by atoms with Crippen LogP contribution in [0.25, 0.3) is 0 Å². The van der Waals surface area contributed by atoms with Gasteiger partial charge in [-0.2, -0.15) is 17.4 Å². The smallest absolute Gasteiger partial charge is 0.306 e. The summed E-state index contributed by atoms with van der Waals surface area (Å²) in [6, 6.07) is 3.69. The third kappa shape index (κ3) is 5.58. The molecule has 0 aliphatic carbocycles. The third-order valence-corrected chi connectivity index (χ3v) is 5.31. The van der Waals surface area contributed by atoms with E-state index in [1.165, 1.54) is 14.2 Å². The zero-order chi connectivity index (χ0) is 15.2. The minimum absolute atomic E-state index is 0.0349. The van der Waals surface area contributed by atoms with Crippen LogP contribution in [-0.2, 0) is 26.2 Å². The number of carbonyl (C=O) groups is 1. The summed E-state index contributed by atoms with van der Waals surface area (Å²) in [6.07, 6.45) is 0.676. The summed E-state index contributed by atoms with van der Waals surface area (Å²) in [5.41, 5.74) is 0. The second-order valence-corrected chi connectivity index (χ2v) is 7.30. The average molecular weight is 320 g/mol. The molecule has 0 saturated carbocycles. The Bertz CT molecular complexity index is 514. The van der Waals surface area contributed by atoms with E-state index in [2.05, 4.69) is 9.46 Å². The van der Waals surface area contributed by atoms with Crippen LogP contribution < -0.4 is 4.72 Å². The Morgan fingerprint density at radius 3 is 2.80 bits per heavy atom. The van der Waals surface area contributed by atoms with Gasteiger partial charge in [0.2, 0.25) is 0 Å². The van der Waals surface area contributed by atoms with Gasteiger partial charge in [0, 0.05) is 24.5 Å². The van der Waals surface area contributed by atoms with E-state index in [1.807, 2.05) is 24.4 Å². The highest BCUT2D eigenvalue weighted by Crippen LogP contribution is 2.11. The first-order valence-electron chi connectivity index (χ1n) is 6.18. The second kappa shape index (κ2) is 7.72. The maximum atomic E-state index is 12.0. The van der Waals surface area contributed by atoms with Crippen molar-refractivity contribution in [3.63, 3.8) is 0 Å². The minimum Gasteiger partial charge on any atom is -0.469 e. The third-order valence-electron chi connectivity index (χ3n) is 2.71. The standard InChI is InChI=1S/C12H20N2O4S2/c1-10(9-11-5-4-8-19-11)13-20(16,17)14(2)7-6-12(15)18-3/h4-5,8,10,13H,6-7,9H2,1-3H3. The van der Waals surface area contributed by atoms with Crippen LogP contribution in [0, 0.1) is 0 Å². The highest BCUT2D eigenvalue weighted by atomic mass is 32.2. The van der Waals surface area contributed by atoms with Gasteiger partial charge in [-0.15, -0.1) is 11.3 Å². The molecule has 6 nitrogen and oxygen atoms in total. The highest BCUT2D eigenvalue weighted by molar-refractivity contribution is 7.87. The van der Waals surface area contributed by atoms with E-state index in [-0.39, 0.29) is 19.0 Å². The SMILES string of the molecule is COC(=O)CCN(C)S(=O)(=O)NC(C)Cc1cccs1. The zero-order valence-corrected chi connectivity index (χ0v) is 13.5. The number of nitrogens with zero attached hydrogens (tertiary/aromatic N) is 1. The molecule has 0 radical (unpaired) electrons. The number of methoxy groups -OCH3 is 1. The number of ether oxygens (including phenoxy) is 1. The van der Waals surface area contributed by atoms with Crippen molar-refractivity contribution in [2.24, 2.45) is 0 Å². The number of hydrogen-bond donors (Lipinski definition) is 1. The molecule has 1 rings (SSSR count). The molecule has 0 aliphatic heterocycles. The van der Waals surface area contributed by atoms with Gasteiger partial charge < -0.3 is 4.74 Å². The number of nitrogens with one attached hydrogen (secondary N) is 1. The fourth-order valence-corrected chi connectivity index (χ4v) is 3.53. The number of esters is 1. The first kappa shape index (κ1) is 17.1. The molecule has 114 valence electrons. The van der Waals surface area contributed by atoms with Crippen LogP contribution >= 0.6 is 11.3 Å². The molecule has 0 aromatic carbocycles. The summed E-state index contributed by atoms with van der Waals surface area (Å²) in [4.78, 5) is 12.1. The first-order chi connectivity index (χ1) is 9.35. The number of thiophene rings is 1. The van der Waals surface area contributed by atoms with Crippen molar-refractivity contribution >= 4 is 27.5 Å². The molecule has 1 unspecified atom stereocenters. The van der Waals surface area contributed by atoms with Crippen LogP contribution in [0.5, 0.6) is 0 Å². The largest absolute Gasteiger partial charge is 0.469 e. The fourth-order valence-electron chi connectivity index (χ4n) is 1.59. The summed E-state index contributed by atoms with van der Waals surface area (Å²) in [5, 5.41) is 1.96. The predicted octanol–water partition coefficient (Wildman–Crippen LogP) is 1.01. The van der Waals surface area contributed by atoms with E-state index in [1.54, 1.807) is 11.3 Å². The van der Waals surface area contributed by atoms with Crippen molar-refractivity contribution in [2.75, 3.05) is 20.7 Å². The molecule has 8 heteroatoms. The van der Waals surface area contributed by atoms with Gasteiger partial charge in [0.05, 0.1) is 13.5 Å². The van der Waals surface area contributed by atoms with E-state index in [0.29, 0.717) is 6.42 Å². The Balaban J connectivity index is 2.48. The van der Waals surface area contributed by atoms with Crippen molar-refractivity contribution in [1.29, 1.82) is 0 Å². The van der Waals surface area contributed by atoms with Crippen molar-refractivity contribution in [1.82, 2.24) is 9.03 Å². The van der Waals surface area contributed by atoms with Gasteiger partial charge in [-0.05, 0) is 24.8 Å². The molecule has 0 aliphatic rings. The molecule has 1 heterocycles. The molecular formula is C12H20N2O4S2. The number of hydrogen-bond acceptors (Lipinski definition) is 5. The predicted molar refractivity (Wildman–Crippen MR) is 78.8 cm³/mol. The summed E-state index contributed by atoms with van der Waals surface area (Å²) in [6.45, 7) is 1.90. The molecular weight excluding hydrogens is 300 g/mol. The van der Waals surface area contributed by atoms with E-state index in [0.717, 1.165) is 9.18 Å². The fraction of sp³-hybridized carbons (Fsp3) is 0.583. The molecule has 0 fully saturated rings. The lowest BCUT2D eigenvalue weighted by molar-refractivity contribution is -0.140. The van der Waals surface area contributed by atoms with Gasteiger partial charge >= 0.3 is 5.97 Å². The molecule has 0 bridgehead atoms. The molecule has 20 heavy (non-hydrogen) atoms. The lowest BCUT2D eigenvalue weighted by Crippen LogP contribution is -2.43. The Morgan fingerprint density at radius 1 is 1.55 bits per heavy atom. The van der Waals surface area contributed by atoms with Crippen molar-refractivity contribution < 1.29 is 17.9 Å². The van der Waals surface area contributed by atoms with Crippen molar-refractivity contribution in [2.45, 2.75) is 25.8 Å². The topological polar surface area (TPSA) is 75.7 Å². The van der Waals surface area contributed by atoms with Crippen LogP contribution in [0.2, 0.25) is 0 Å². The van der Waals surface area contributed by atoms with Gasteiger partial charge in [0.15, 0.2) is 0 Å². The van der Waals surface area contributed by atoms with Crippen LogP contribution in [0.4, 0.5) is 0 Å². The van der Waals surface area contributed by atoms with E-state index >= 15 is 0 Å². The molecule has 1 aromatic heterocycles. The van der Waals surface area contributed by atoms with Gasteiger partial charge in [-0.25, -0.2) is 0 Å². The van der Waals surface area contributed by atoms with Crippen molar-refractivity contribution in [3.05, 3.63) is 22.4 Å². The zero-order valence-electron chi connectivity index (χ0n) is 11.8. The lowest BCUT2D eigenvalue weighted by atomic mass is 10.2. The summed E-state index contributed by atoms with van der Waals surface area (Å²) in [5.74, 6) is -0.432. The molecule has 0 spiro atoms. The van der Waals surface area contributed by atoms with Crippen molar-refractivity contribution in [3.8, 4) is 0 Å². The first-order valence-corrected chi connectivity index (χ1v) is 8.50. The van der Waals surface area contributed by atoms with Crippen LogP contribution in [0.3, 0.4) is 0 Å². The normalized spacial score (nSPS) is 13.4. The number of carbonyl (C=O) groups excluding carboxylic acids is 1. The molecule has 1 N–H and O–H groups in total.